The molecule has 0 saturated carbocycles. The summed E-state index contributed by atoms with van der Waals surface area (Å²) in [4.78, 5) is 3.43. The largest absolute Gasteiger partial charge is 0.495 e. The molecule has 1 aromatic carbocycles. The molecule has 4 nitrogen and oxygen atoms in total. The van der Waals surface area contributed by atoms with Crippen LogP contribution in [0.3, 0.4) is 0 Å². The lowest BCUT2D eigenvalue weighted by atomic mass is 10.1. The number of aromatic amines is 1. The van der Waals surface area contributed by atoms with Crippen LogP contribution < -0.4 is 10.1 Å². The zero-order valence-electron chi connectivity index (χ0n) is 10.5. The number of rotatable bonds is 2. The first kappa shape index (κ1) is 11.6. The maximum atomic E-state index is 5.86. The van der Waals surface area contributed by atoms with Gasteiger partial charge in [0.2, 0.25) is 0 Å². The zero-order chi connectivity index (χ0) is 12.4. The standard InChI is InChI=1S/C14H18N2O2/c1-17-13-4-2-3-10-9-11(16-14(10)13)12-5-6-15-7-8-18-12/h2-4,9,12,15-16H,5-8H2,1H3. The van der Waals surface area contributed by atoms with Gasteiger partial charge in [-0.3, -0.25) is 0 Å². The van der Waals surface area contributed by atoms with Crippen molar-refractivity contribution in [3.05, 3.63) is 30.0 Å². The maximum absolute atomic E-state index is 5.86. The summed E-state index contributed by atoms with van der Waals surface area (Å²) in [5.41, 5.74) is 2.19. The second-order valence-electron chi connectivity index (χ2n) is 4.55. The minimum Gasteiger partial charge on any atom is -0.495 e. The van der Waals surface area contributed by atoms with Gasteiger partial charge in [-0.2, -0.15) is 0 Å². The van der Waals surface area contributed by atoms with Crippen molar-refractivity contribution >= 4 is 10.9 Å². The molecule has 96 valence electrons. The smallest absolute Gasteiger partial charge is 0.142 e. The van der Waals surface area contributed by atoms with Crippen molar-refractivity contribution in [3.8, 4) is 5.75 Å². The highest BCUT2D eigenvalue weighted by atomic mass is 16.5. The van der Waals surface area contributed by atoms with E-state index in [-0.39, 0.29) is 6.10 Å². The Kier molecular flexibility index (Phi) is 3.21. The second-order valence-corrected chi connectivity index (χ2v) is 4.55. The molecule has 0 radical (unpaired) electrons. The summed E-state index contributed by atoms with van der Waals surface area (Å²) in [5, 5.41) is 4.51. The van der Waals surface area contributed by atoms with Crippen molar-refractivity contribution < 1.29 is 9.47 Å². The maximum Gasteiger partial charge on any atom is 0.142 e. The van der Waals surface area contributed by atoms with Crippen LogP contribution in [0.25, 0.3) is 10.9 Å². The Bertz CT molecular complexity index is 528. The third-order valence-electron chi connectivity index (χ3n) is 3.39. The molecule has 2 aromatic rings. The lowest BCUT2D eigenvalue weighted by Gasteiger charge is -2.12. The third-order valence-corrected chi connectivity index (χ3v) is 3.39. The van der Waals surface area contributed by atoms with Crippen LogP contribution in [0.1, 0.15) is 18.2 Å². The predicted molar refractivity (Wildman–Crippen MR) is 71.0 cm³/mol. The number of hydrogen-bond acceptors (Lipinski definition) is 3. The molecule has 0 amide bonds. The molecule has 0 spiro atoms. The summed E-state index contributed by atoms with van der Waals surface area (Å²) in [7, 11) is 1.70. The molecule has 4 heteroatoms. The highest BCUT2D eigenvalue weighted by molar-refractivity contribution is 5.86. The van der Waals surface area contributed by atoms with Gasteiger partial charge in [0.1, 0.15) is 5.75 Å². The van der Waals surface area contributed by atoms with E-state index in [1.165, 1.54) is 5.39 Å². The van der Waals surface area contributed by atoms with E-state index >= 15 is 0 Å². The van der Waals surface area contributed by atoms with Crippen molar-refractivity contribution in [3.63, 3.8) is 0 Å². The van der Waals surface area contributed by atoms with Gasteiger partial charge in [-0.25, -0.2) is 0 Å². The summed E-state index contributed by atoms with van der Waals surface area (Å²) < 4.78 is 11.2. The lowest BCUT2D eigenvalue weighted by molar-refractivity contribution is 0.0619. The van der Waals surface area contributed by atoms with Crippen LogP contribution in [-0.2, 0) is 4.74 Å². The van der Waals surface area contributed by atoms with Crippen molar-refractivity contribution in [1.82, 2.24) is 10.3 Å². The van der Waals surface area contributed by atoms with E-state index in [4.69, 9.17) is 9.47 Å². The van der Waals surface area contributed by atoms with Gasteiger partial charge < -0.3 is 19.8 Å². The molecule has 1 unspecified atom stereocenters. The number of nitrogens with one attached hydrogen (secondary N) is 2. The molecule has 0 aliphatic carbocycles. The van der Waals surface area contributed by atoms with Gasteiger partial charge in [-0.15, -0.1) is 0 Å². The van der Waals surface area contributed by atoms with E-state index in [9.17, 15) is 0 Å². The molecule has 1 fully saturated rings. The van der Waals surface area contributed by atoms with Gasteiger partial charge in [0.05, 0.1) is 25.3 Å². The van der Waals surface area contributed by atoms with Crippen LogP contribution in [0.4, 0.5) is 0 Å². The molecular weight excluding hydrogens is 228 g/mol. The number of ether oxygens (including phenoxy) is 2. The van der Waals surface area contributed by atoms with Gasteiger partial charge in [0, 0.05) is 17.6 Å². The second kappa shape index (κ2) is 5.00. The fourth-order valence-electron chi connectivity index (χ4n) is 2.45. The molecule has 2 N–H and O–H groups in total. The first-order chi connectivity index (χ1) is 8.88. The molecule has 1 aliphatic rings. The molecular formula is C14H18N2O2. The van der Waals surface area contributed by atoms with Crippen molar-refractivity contribution in [1.29, 1.82) is 0 Å². The number of benzene rings is 1. The van der Waals surface area contributed by atoms with Gasteiger partial charge in [0.25, 0.3) is 0 Å². The summed E-state index contributed by atoms with van der Waals surface area (Å²) >= 11 is 0. The fourth-order valence-corrected chi connectivity index (χ4v) is 2.45. The van der Waals surface area contributed by atoms with E-state index in [2.05, 4.69) is 22.4 Å². The third kappa shape index (κ3) is 2.09. The van der Waals surface area contributed by atoms with E-state index in [1.54, 1.807) is 7.11 Å². The van der Waals surface area contributed by atoms with Crippen molar-refractivity contribution in [2.45, 2.75) is 12.5 Å². The summed E-state index contributed by atoms with van der Waals surface area (Å²) in [5.74, 6) is 0.880. The van der Waals surface area contributed by atoms with Crippen LogP contribution >= 0.6 is 0 Å². The monoisotopic (exact) mass is 246 g/mol. The van der Waals surface area contributed by atoms with E-state index in [0.29, 0.717) is 0 Å². The lowest BCUT2D eigenvalue weighted by Crippen LogP contribution is -2.16. The van der Waals surface area contributed by atoms with E-state index < -0.39 is 0 Å². The Morgan fingerprint density at radius 1 is 1.33 bits per heavy atom. The van der Waals surface area contributed by atoms with Crippen molar-refractivity contribution in [2.24, 2.45) is 0 Å². The highest BCUT2D eigenvalue weighted by Gasteiger charge is 2.17. The quantitative estimate of drug-likeness (QED) is 0.854. The number of fused-ring (bicyclic) bond motifs is 1. The highest BCUT2D eigenvalue weighted by Crippen LogP contribution is 2.30. The average molecular weight is 246 g/mol. The number of hydrogen-bond donors (Lipinski definition) is 2. The zero-order valence-corrected chi connectivity index (χ0v) is 10.5. The minimum atomic E-state index is 0.150. The number of methoxy groups -OCH3 is 1. The summed E-state index contributed by atoms with van der Waals surface area (Å²) in [6, 6.07) is 8.23. The number of para-hydroxylation sites is 1. The number of H-pyrrole nitrogens is 1. The molecule has 1 aromatic heterocycles. The van der Waals surface area contributed by atoms with Crippen molar-refractivity contribution in [2.75, 3.05) is 26.8 Å². The molecule has 1 aliphatic heterocycles. The van der Waals surface area contributed by atoms with Gasteiger partial charge in [-0.1, -0.05) is 12.1 Å². The number of aromatic nitrogens is 1. The Morgan fingerprint density at radius 3 is 3.17 bits per heavy atom. The molecule has 18 heavy (non-hydrogen) atoms. The Balaban J connectivity index is 1.96. The minimum absolute atomic E-state index is 0.150. The first-order valence-corrected chi connectivity index (χ1v) is 6.36. The molecule has 1 atom stereocenters. The fraction of sp³-hybridized carbons (Fsp3) is 0.429. The Hall–Kier alpha value is -1.52. The summed E-state index contributed by atoms with van der Waals surface area (Å²) in [6.45, 7) is 2.69. The van der Waals surface area contributed by atoms with Gasteiger partial charge in [-0.05, 0) is 25.1 Å². The molecule has 1 saturated heterocycles. The average Bonchev–Trinajstić information content (AvgIpc) is 2.65. The van der Waals surface area contributed by atoms with Crippen LogP contribution in [-0.4, -0.2) is 31.8 Å². The van der Waals surface area contributed by atoms with Gasteiger partial charge in [0.15, 0.2) is 0 Å². The van der Waals surface area contributed by atoms with Gasteiger partial charge >= 0.3 is 0 Å². The van der Waals surface area contributed by atoms with E-state index in [0.717, 1.165) is 43.1 Å². The Labute approximate surface area is 106 Å². The molecule has 2 heterocycles. The first-order valence-electron chi connectivity index (χ1n) is 6.36. The normalized spacial score (nSPS) is 20.8. The Morgan fingerprint density at radius 2 is 2.28 bits per heavy atom. The molecule has 3 rings (SSSR count). The topological polar surface area (TPSA) is 46.3 Å². The van der Waals surface area contributed by atoms with Crippen LogP contribution in [0.2, 0.25) is 0 Å². The summed E-state index contributed by atoms with van der Waals surface area (Å²) in [6.07, 6.45) is 1.15. The SMILES string of the molecule is COc1cccc2cc(C3CCNCCO3)[nH]c12. The van der Waals surface area contributed by atoms with Crippen LogP contribution in [0, 0.1) is 0 Å². The predicted octanol–water partition coefficient (Wildman–Crippen LogP) is 2.23. The van der Waals surface area contributed by atoms with Crippen LogP contribution in [0.5, 0.6) is 5.75 Å². The van der Waals surface area contributed by atoms with E-state index in [1.807, 2.05) is 12.1 Å². The molecule has 0 bridgehead atoms. The van der Waals surface area contributed by atoms with Crippen LogP contribution in [0.15, 0.2) is 24.3 Å².